The number of aromatic nitrogens is 2. The lowest BCUT2D eigenvalue weighted by Crippen LogP contribution is -2.36. The van der Waals surface area contributed by atoms with Gasteiger partial charge in [-0.1, -0.05) is 0 Å². The van der Waals surface area contributed by atoms with Crippen LogP contribution in [0.5, 0.6) is 0 Å². The Morgan fingerprint density at radius 3 is 2.95 bits per heavy atom. The molecule has 0 aliphatic heterocycles. The van der Waals surface area contributed by atoms with E-state index in [1.165, 1.54) is 17.1 Å². The minimum absolute atomic E-state index is 0.00824. The van der Waals surface area contributed by atoms with E-state index in [9.17, 15) is 4.79 Å². The predicted molar refractivity (Wildman–Crippen MR) is 76.3 cm³/mol. The van der Waals surface area contributed by atoms with Crippen LogP contribution < -0.4 is 0 Å². The number of rotatable bonds is 4. The molecular weight excluding hydrogens is 258 g/mol. The number of hydrogen-bond acceptors (Lipinski definition) is 4. The maximum atomic E-state index is 12.2. The van der Waals surface area contributed by atoms with Gasteiger partial charge in [-0.25, -0.2) is 4.37 Å². The summed E-state index contributed by atoms with van der Waals surface area (Å²) >= 11 is 1.29. The highest BCUT2D eigenvalue weighted by atomic mass is 32.1. The molecule has 5 heteroatoms. The van der Waals surface area contributed by atoms with E-state index in [1.807, 2.05) is 33.2 Å². The van der Waals surface area contributed by atoms with Gasteiger partial charge in [0, 0.05) is 36.8 Å². The maximum Gasteiger partial charge on any atom is 0.256 e. The van der Waals surface area contributed by atoms with Crippen LogP contribution in [0.1, 0.15) is 28.5 Å². The van der Waals surface area contributed by atoms with Gasteiger partial charge in [0.05, 0.1) is 11.8 Å². The van der Waals surface area contributed by atoms with Crippen molar-refractivity contribution in [3.05, 3.63) is 46.7 Å². The van der Waals surface area contributed by atoms with E-state index in [4.69, 9.17) is 0 Å². The molecule has 0 radical (unpaired) electrons. The first kappa shape index (κ1) is 13.7. The van der Waals surface area contributed by atoms with Crippen molar-refractivity contribution in [3.8, 4) is 0 Å². The molecule has 19 heavy (non-hydrogen) atoms. The second kappa shape index (κ2) is 5.93. The van der Waals surface area contributed by atoms with Crippen LogP contribution >= 0.6 is 11.5 Å². The fourth-order valence-corrected chi connectivity index (χ4v) is 2.37. The fraction of sp³-hybridized carbons (Fsp3) is 0.357. The number of likely N-dealkylation sites (N-methyl/N-ethyl adjacent to an activating group) is 1. The van der Waals surface area contributed by atoms with Gasteiger partial charge in [0.2, 0.25) is 0 Å². The molecule has 0 aliphatic carbocycles. The van der Waals surface area contributed by atoms with Crippen molar-refractivity contribution in [3.63, 3.8) is 0 Å². The Labute approximate surface area is 117 Å². The van der Waals surface area contributed by atoms with E-state index in [0.29, 0.717) is 5.56 Å². The highest BCUT2D eigenvalue weighted by Crippen LogP contribution is 2.11. The van der Waals surface area contributed by atoms with Gasteiger partial charge in [0.25, 0.3) is 5.91 Å². The average Bonchev–Trinajstić information content (AvgIpc) is 2.90. The predicted octanol–water partition coefficient (Wildman–Crippen LogP) is 2.55. The Morgan fingerprint density at radius 2 is 2.32 bits per heavy atom. The second-order valence-corrected chi connectivity index (χ2v) is 5.36. The molecular formula is C14H17N3OS. The zero-order valence-electron chi connectivity index (χ0n) is 11.3. The van der Waals surface area contributed by atoms with Gasteiger partial charge < -0.3 is 4.90 Å². The lowest BCUT2D eigenvalue weighted by Gasteiger charge is -2.24. The van der Waals surface area contributed by atoms with Crippen molar-refractivity contribution < 1.29 is 4.79 Å². The number of carbonyl (C=O) groups excluding carboxylic acids is 1. The molecule has 2 aromatic heterocycles. The summed E-state index contributed by atoms with van der Waals surface area (Å²) in [5, 5.41) is 1.77. The SMILES string of the molecule is Cc1ccnc(CC(C)N(C)C(=O)c2cnsc2)c1. The summed E-state index contributed by atoms with van der Waals surface area (Å²) in [4.78, 5) is 18.3. The number of pyridine rings is 1. The summed E-state index contributed by atoms with van der Waals surface area (Å²) in [6.07, 6.45) is 4.17. The molecule has 0 saturated carbocycles. The van der Waals surface area contributed by atoms with Crippen LogP contribution in [0.2, 0.25) is 0 Å². The quantitative estimate of drug-likeness (QED) is 0.861. The number of hydrogen-bond donors (Lipinski definition) is 0. The van der Waals surface area contributed by atoms with Gasteiger partial charge in [-0.15, -0.1) is 0 Å². The van der Waals surface area contributed by atoms with Gasteiger partial charge in [0.1, 0.15) is 0 Å². The summed E-state index contributed by atoms with van der Waals surface area (Å²) < 4.78 is 3.96. The Bertz CT molecular complexity index is 554. The lowest BCUT2D eigenvalue weighted by atomic mass is 10.1. The topological polar surface area (TPSA) is 46.1 Å². The van der Waals surface area contributed by atoms with E-state index >= 15 is 0 Å². The van der Waals surface area contributed by atoms with Gasteiger partial charge >= 0.3 is 0 Å². The Kier molecular flexibility index (Phi) is 4.27. The molecule has 0 bridgehead atoms. The minimum atomic E-state index is 0.00824. The first-order chi connectivity index (χ1) is 9.08. The smallest absolute Gasteiger partial charge is 0.256 e. The first-order valence-corrected chi connectivity index (χ1v) is 6.99. The number of nitrogens with zero attached hydrogens (tertiary/aromatic N) is 3. The molecule has 2 heterocycles. The molecule has 0 aromatic carbocycles. The summed E-state index contributed by atoms with van der Waals surface area (Å²) in [5.74, 6) is 0.00824. The van der Waals surface area contributed by atoms with Crippen LogP contribution in [0.3, 0.4) is 0 Å². The molecule has 2 aromatic rings. The van der Waals surface area contributed by atoms with Gasteiger partial charge in [-0.05, 0) is 43.1 Å². The Balaban J connectivity index is 2.03. The number of aryl methyl sites for hydroxylation is 1. The lowest BCUT2D eigenvalue weighted by molar-refractivity contribution is 0.0743. The van der Waals surface area contributed by atoms with Crippen LogP contribution in [0, 0.1) is 6.92 Å². The van der Waals surface area contributed by atoms with Crippen LogP contribution in [-0.2, 0) is 6.42 Å². The van der Waals surface area contributed by atoms with E-state index in [-0.39, 0.29) is 11.9 Å². The van der Waals surface area contributed by atoms with Crippen molar-refractivity contribution in [2.45, 2.75) is 26.3 Å². The fourth-order valence-electron chi connectivity index (χ4n) is 1.86. The third kappa shape index (κ3) is 3.38. The van der Waals surface area contributed by atoms with Crippen LogP contribution in [0.4, 0.5) is 0 Å². The van der Waals surface area contributed by atoms with Gasteiger partial charge in [-0.3, -0.25) is 9.78 Å². The Morgan fingerprint density at radius 1 is 1.53 bits per heavy atom. The van der Waals surface area contributed by atoms with Crippen molar-refractivity contribution >= 4 is 17.4 Å². The third-order valence-corrected chi connectivity index (χ3v) is 3.72. The standard InChI is InChI=1S/C14H17N3OS/c1-10-4-5-15-13(6-10)7-11(2)17(3)14(18)12-8-16-19-9-12/h4-6,8-9,11H,7H2,1-3H3. The average molecular weight is 275 g/mol. The molecule has 4 nitrogen and oxygen atoms in total. The normalized spacial score (nSPS) is 12.2. The van der Waals surface area contributed by atoms with Gasteiger partial charge in [-0.2, -0.15) is 0 Å². The summed E-state index contributed by atoms with van der Waals surface area (Å²) in [5.41, 5.74) is 2.85. The van der Waals surface area contributed by atoms with Crippen molar-refractivity contribution in [1.82, 2.24) is 14.3 Å². The molecule has 1 amide bonds. The first-order valence-electron chi connectivity index (χ1n) is 6.16. The molecule has 0 aliphatic rings. The zero-order valence-corrected chi connectivity index (χ0v) is 12.1. The maximum absolute atomic E-state index is 12.2. The molecule has 100 valence electrons. The monoisotopic (exact) mass is 275 g/mol. The molecule has 0 N–H and O–H groups in total. The van der Waals surface area contributed by atoms with E-state index < -0.39 is 0 Å². The van der Waals surface area contributed by atoms with E-state index in [1.54, 1.807) is 16.5 Å². The molecule has 2 rings (SSSR count). The third-order valence-electron chi connectivity index (χ3n) is 3.14. The summed E-state index contributed by atoms with van der Waals surface area (Å²) in [6.45, 7) is 4.07. The molecule has 1 unspecified atom stereocenters. The largest absolute Gasteiger partial charge is 0.339 e. The van der Waals surface area contributed by atoms with Crippen molar-refractivity contribution in [2.75, 3.05) is 7.05 Å². The highest BCUT2D eigenvalue weighted by molar-refractivity contribution is 7.03. The zero-order chi connectivity index (χ0) is 13.8. The molecule has 0 spiro atoms. The number of amides is 1. The minimum Gasteiger partial charge on any atom is -0.339 e. The van der Waals surface area contributed by atoms with Crippen LogP contribution in [0.25, 0.3) is 0 Å². The van der Waals surface area contributed by atoms with Crippen molar-refractivity contribution in [2.24, 2.45) is 0 Å². The van der Waals surface area contributed by atoms with E-state index in [2.05, 4.69) is 15.4 Å². The number of carbonyl (C=O) groups is 1. The molecule has 0 fully saturated rings. The summed E-state index contributed by atoms with van der Waals surface area (Å²) in [6, 6.07) is 4.13. The highest BCUT2D eigenvalue weighted by Gasteiger charge is 2.18. The van der Waals surface area contributed by atoms with Gasteiger partial charge in [0.15, 0.2) is 0 Å². The van der Waals surface area contributed by atoms with Crippen LogP contribution in [0.15, 0.2) is 29.9 Å². The second-order valence-electron chi connectivity index (χ2n) is 4.71. The van der Waals surface area contributed by atoms with E-state index in [0.717, 1.165) is 12.1 Å². The Hall–Kier alpha value is -1.75. The molecule has 0 saturated heterocycles. The van der Waals surface area contributed by atoms with Crippen LogP contribution in [-0.4, -0.2) is 33.3 Å². The van der Waals surface area contributed by atoms with Crippen molar-refractivity contribution in [1.29, 1.82) is 0 Å². The molecule has 1 atom stereocenters. The summed E-state index contributed by atoms with van der Waals surface area (Å²) in [7, 11) is 1.82.